The second-order valence-corrected chi connectivity index (χ2v) is 11.1. The van der Waals surface area contributed by atoms with E-state index in [2.05, 4.69) is 65.5 Å². The number of thiophene rings is 1. The Kier molecular flexibility index (Phi) is 6.24. The Bertz CT molecular complexity index is 1350. The molecule has 4 aromatic rings. The minimum absolute atomic E-state index is 0.0220. The molecule has 2 heterocycles. The van der Waals surface area contributed by atoms with Gasteiger partial charge in [-0.1, -0.05) is 68.4 Å². The fourth-order valence-electron chi connectivity index (χ4n) is 5.42. The maximum absolute atomic E-state index is 13.2. The second kappa shape index (κ2) is 9.34. The Labute approximate surface area is 209 Å². The lowest BCUT2D eigenvalue weighted by Gasteiger charge is -2.46. The molecule has 2 N–H and O–H groups in total. The molecule has 5 rings (SSSR count). The van der Waals surface area contributed by atoms with Gasteiger partial charge in [0.2, 0.25) is 0 Å². The van der Waals surface area contributed by atoms with Gasteiger partial charge in [-0.2, -0.15) is 0 Å². The first kappa shape index (κ1) is 23.4. The Morgan fingerprint density at radius 1 is 1.09 bits per heavy atom. The molecule has 0 radical (unpaired) electrons. The average Bonchev–Trinajstić information content (AvgIpc) is 3.42. The maximum atomic E-state index is 13.2. The maximum Gasteiger partial charge on any atom is 0.306 e. The normalized spacial score (nSPS) is 20.3. The van der Waals surface area contributed by atoms with Gasteiger partial charge >= 0.3 is 5.97 Å². The van der Waals surface area contributed by atoms with E-state index in [4.69, 9.17) is 0 Å². The zero-order chi connectivity index (χ0) is 24.6. The van der Waals surface area contributed by atoms with Crippen LogP contribution < -0.4 is 5.32 Å². The van der Waals surface area contributed by atoms with Gasteiger partial charge in [0.05, 0.1) is 21.7 Å². The van der Waals surface area contributed by atoms with Crippen molar-refractivity contribution in [2.45, 2.75) is 45.7 Å². The number of carboxylic acids is 1. The van der Waals surface area contributed by atoms with Crippen molar-refractivity contribution in [1.29, 1.82) is 0 Å². The number of carboxylic acid groups (broad SMARTS) is 1. The molecule has 1 aliphatic carbocycles. The number of aliphatic carboxylic acids is 1. The molecule has 180 valence electrons. The zero-order valence-electron chi connectivity index (χ0n) is 20.0. The highest BCUT2D eigenvalue weighted by Crippen LogP contribution is 2.45. The van der Waals surface area contributed by atoms with Crippen LogP contribution in [-0.2, 0) is 11.3 Å². The highest BCUT2D eigenvalue weighted by molar-refractivity contribution is 7.17. The predicted octanol–water partition coefficient (Wildman–Crippen LogP) is 6.43. The highest BCUT2D eigenvalue weighted by atomic mass is 32.1. The quantitative estimate of drug-likeness (QED) is 0.302. The first-order chi connectivity index (χ1) is 16.8. The number of carbonyl (C=O) groups excluding carboxylic acids is 1. The van der Waals surface area contributed by atoms with E-state index in [0.29, 0.717) is 18.5 Å². The summed E-state index contributed by atoms with van der Waals surface area (Å²) in [6.45, 7) is 4.57. The lowest BCUT2D eigenvalue weighted by atomic mass is 9.63. The van der Waals surface area contributed by atoms with Crippen LogP contribution in [0.5, 0.6) is 0 Å². The molecule has 1 atom stereocenters. The summed E-state index contributed by atoms with van der Waals surface area (Å²) in [4.78, 5) is 24.4. The minimum atomic E-state index is -0.755. The number of rotatable bonds is 8. The van der Waals surface area contributed by atoms with Gasteiger partial charge in [0.1, 0.15) is 0 Å². The van der Waals surface area contributed by atoms with Gasteiger partial charge in [0, 0.05) is 24.2 Å². The van der Waals surface area contributed by atoms with Crippen molar-refractivity contribution in [3.05, 3.63) is 83.4 Å². The zero-order valence-corrected chi connectivity index (χ0v) is 20.8. The summed E-state index contributed by atoms with van der Waals surface area (Å²) in [6, 6.07) is 21.1. The summed E-state index contributed by atoms with van der Waals surface area (Å²) >= 11 is 1.59. The molecule has 0 spiro atoms. The van der Waals surface area contributed by atoms with Crippen molar-refractivity contribution in [3.8, 4) is 11.1 Å². The summed E-state index contributed by atoms with van der Waals surface area (Å²) < 4.78 is 3.25. The summed E-state index contributed by atoms with van der Waals surface area (Å²) in [5, 5.41) is 14.3. The molecule has 1 aliphatic rings. The number of hydrogen-bond donors (Lipinski definition) is 2. The standard InChI is InChI=1S/C29H30N2O3S/c1-19(28(33)34)14-29(2)15-23(16-29)30-27(32)24-18-35-25-12-13-31(26(24)25)17-20-8-10-22(11-9-20)21-6-4-3-5-7-21/h3-13,18-19,23H,14-17H2,1-2H3,(H,30,32)(H,33,34)/t19-,23?,29?/m0/s1. The van der Waals surface area contributed by atoms with Crippen LogP contribution in [0.4, 0.5) is 0 Å². The fraction of sp³-hybridized carbons (Fsp3) is 0.310. The molecular weight excluding hydrogens is 456 g/mol. The van der Waals surface area contributed by atoms with Crippen molar-refractivity contribution < 1.29 is 14.7 Å². The third kappa shape index (κ3) is 4.89. The van der Waals surface area contributed by atoms with Crippen LogP contribution in [-0.4, -0.2) is 27.6 Å². The summed E-state index contributed by atoms with van der Waals surface area (Å²) in [5.74, 6) is -1.16. The Balaban J connectivity index is 1.26. The highest BCUT2D eigenvalue weighted by Gasteiger charge is 2.42. The smallest absolute Gasteiger partial charge is 0.306 e. The number of carbonyl (C=O) groups is 2. The Morgan fingerprint density at radius 3 is 2.46 bits per heavy atom. The first-order valence-corrected chi connectivity index (χ1v) is 12.9. The summed E-state index contributed by atoms with van der Waals surface area (Å²) in [5.41, 5.74) is 5.23. The number of hydrogen-bond acceptors (Lipinski definition) is 3. The number of fused-ring (bicyclic) bond motifs is 1. The van der Waals surface area contributed by atoms with E-state index < -0.39 is 5.97 Å². The number of amides is 1. The molecule has 1 amide bonds. The molecule has 5 nitrogen and oxygen atoms in total. The summed E-state index contributed by atoms with van der Waals surface area (Å²) in [6.07, 6.45) is 4.33. The van der Waals surface area contributed by atoms with Crippen molar-refractivity contribution in [2.75, 3.05) is 0 Å². The van der Waals surface area contributed by atoms with Gasteiger partial charge in [0.15, 0.2) is 0 Å². The molecule has 0 saturated heterocycles. The molecule has 0 aliphatic heterocycles. The van der Waals surface area contributed by atoms with Gasteiger partial charge in [0.25, 0.3) is 5.91 Å². The van der Waals surface area contributed by atoms with Crippen LogP contribution in [0.2, 0.25) is 0 Å². The van der Waals surface area contributed by atoms with E-state index in [1.54, 1.807) is 18.3 Å². The molecule has 0 bridgehead atoms. The van der Waals surface area contributed by atoms with Crippen LogP contribution in [0, 0.1) is 11.3 Å². The fourth-order valence-corrected chi connectivity index (χ4v) is 6.37. The van der Waals surface area contributed by atoms with Gasteiger partial charge in [-0.3, -0.25) is 9.59 Å². The number of nitrogens with zero attached hydrogens (tertiary/aromatic N) is 1. The van der Waals surface area contributed by atoms with Crippen molar-refractivity contribution in [3.63, 3.8) is 0 Å². The van der Waals surface area contributed by atoms with E-state index in [1.165, 1.54) is 16.7 Å². The van der Waals surface area contributed by atoms with Gasteiger partial charge in [-0.05, 0) is 47.4 Å². The predicted molar refractivity (Wildman–Crippen MR) is 141 cm³/mol. The molecular formula is C29H30N2O3S. The second-order valence-electron chi connectivity index (χ2n) is 10.2. The number of benzene rings is 2. The van der Waals surface area contributed by atoms with Gasteiger partial charge < -0.3 is 15.0 Å². The monoisotopic (exact) mass is 486 g/mol. The molecule has 6 heteroatoms. The van der Waals surface area contributed by atoms with Crippen LogP contribution in [0.1, 0.15) is 49.0 Å². The molecule has 1 saturated carbocycles. The van der Waals surface area contributed by atoms with Crippen LogP contribution in [0.15, 0.2) is 72.2 Å². The number of nitrogens with one attached hydrogen (secondary N) is 1. The van der Waals surface area contributed by atoms with Gasteiger partial charge in [-0.25, -0.2) is 0 Å². The largest absolute Gasteiger partial charge is 0.481 e. The van der Waals surface area contributed by atoms with Crippen molar-refractivity contribution in [2.24, 2.45) is 11.3 Å². The Hall–Kier alpha value is -3.38. The average molecular weight is 487 g/mol. The van der Waals surface area contributed by atoms with Crippen molar-refractivity contribution in [1.82, 2.24) is 9.88 Å². The third-order valence-corrected chi connectivity index (χ3v) is 8.12. The van der Waals surface area contributed by atoms with E-state index in [9.17, 15) is 14.7 Å². The molecule has 2 aromatic heterocycles. The summed E-state index contributed by atoms with van der Waals surface area (Å²) in [7, 11) is 0. The minimum Gasteiger partial charge on any atom is -0.481 e. The lowest BCUT2D eigenvalue weighted by molar-refractivity contribution is -0.143. The molecule has 35 heavy (non-hydrogen) atoms. The molecule has 2 aromatic carbocycles. The Morgan fingerprint density at radius 2 is 1.77 bits per heavy atom. The van der Waals surface area contributed by atoms with Gasteiger partial charge in [-0.15, -0.1) is 11.3 Å². The third-order valence-electron chi connectivity index (χ3n) is 7.18. The van der Waals surface area contributed by atoms with Crippen molar-refractivity contribution >= 4 is 33.4 Å². The molecule has 0 unspecified atom stereocenters. The van der Waals surface area contributed by atoms with Crippen LogP contribution in [0.25, 0.3) is 21.3 Å². The number of aromatic nitrogens is 1. The topological polar surface area (TPSA) is 71.3 Å². The van der Waals surface area contributed by atoms with Crippen LogP contribution >= 0.6 is 11.3 Å². The van der Waals surface area contributed by atoms with E-state index in [-0.39, 0.29) is 23.3 Å². The van der Waals surface area contributed by atoms with E-state index >= 15 is 0 Å². The molecule has 1 fully saturated rings. The van der Waals surface area contributed by atoms with E-state index in [1.807, 2.05) is 23.6 Å². The van der Waals surface area contributed by atoms with Crippen LogP contribution in [0.3, 0.4) is 0 Å². The van der Waals surface area contributed by atoms with E-state index in [0.717, 1.165) is 23.1 Å². The SMILES string of the molecule is C[C@@H](CC1(C)CC(NC(=O)c2csc3ccn(Cc4ccc(-c5ccccc5)cc4)c23)C1)C(=O)O. The first-order valence-electron chi connectivity index (χ1n) is 12.1. The lowest BCUT2D eigenvalue weighted by Crippen LogP contribution is -2.50.